The van der Waals surface area contributed by atoms with Gasteiger partial charge in [0, 0.05) is 5.56 Å². The SMILES string of the molecule is COc1ccc(-c2ccc(C(C)(C)C)cc2)c2c1CC(C)=C2. The molecule has 0 radical (unpaired) electrons. The Balaban J connectivity index is 2.08. The zero-order valence-corrected chi connectivity index (χ0v) is 14.2. The largest absolute Gasteiger partial charge is 0.496 e. The number of benzene rings is 2. The van der Waals surface area contributed by atoms with Gasteiger partial charge in [-0.3, -0.25) is 0 Å². The van der Waals surface area contributed by atoms with E-state index >= 15 is 0 Å². The molecule has 1 heteroatoms. The van der Waals surface area contributed by atoms with Gasteiger partial charge in [0.25, 0.3) is 0 Å². The standard InChI is InChI=1S/C21H24O/c1-14-12-18-17(10-11-20(22-5)19(18)13-14)15-6-8-16(9-7-15)21(2,3)4/h6-12H,13H2,1-5H3. The van der Waals surface area contributed by atoms with Crippen LogP contribution < -0.4 is 4.74 Å². The molecule has 0 unspecified atom stereocenters. The number of hydrogen-bond donors (Lipinski definition) is 0. The first-order valence-corrected chi connectivity index (χ1v) is 7.88. The third-order valence-corrected chi connectivity index (χ3v) is 4.44. The smallest absolute Gasteiger partial charge is 0.123 e. The van der Waals surface area contributed by atoms with Crippen LogP contribution in [0.1, 0.15) is 44.4 Å². The molecule has 0 fully saturated rings. The van der Waals surface area contributed by atoms with Crippen molar-refractivity contribution < 1.29 is 4.74 Å². The monoisotopic (exact) mass is 292 g/mol. The predicted octanol–water partition coefficient (Wildman–Crippen LogP) is 5.62. The number of ether oxygens (including phenoxy) is 1. The Kier molecular flexibility index (Phi) is 3.60. The van der Waals surface area contributed by atoms with Crippen molar-refractivity contribution in [3.63, 3.8) is 0 Å². The van der Waals surface area contributed by atoms with Crippen molar-refractivity contribution >= 4 is 6.08 Å². The summed E-state index contributed by atoms with van der Waals surface area (Å²) in [5, 5.41) is 0. The fourth-order valence-electron chi connectivity index (χ4n) is 3.16. The van der Waals surface area contributed by atoms with E-state index in [9.17, 15) is 0 Å². The highest BCUT2D eigenvalue weighted by Gasteiger charge is 2.19. The second-order valence-corrected chi connectivity index (χ2v) is 7.20. The van der Waals surface area contributed by atoms with E-state index in [-0.39, 0.29) is 5.41 Å². The molecule has 22 heavy (non-hydrogen) atoms. The van der Waals surface area contributed by atoms with Gasteiger partial charge in [0.1, 0.15) is 5.75 Å². The summed E-state index contributed by atoms with van der Waals surface area (Å²) in [6.45, 7) is 8.93. The number of methoxy groups -OCH3 is 1. The Hall–Kier alpha value is -2.02. The van der Waals surface area contributed by atoms with E-state index in [1.165, 1.54) is 33.4 Å². The summed E-state index contributed by atoms with van der Waals surface area (Å²) in [5.41, 5.74) is 8.17. The van der Waals surface area contributed by atoms with E-state index in [1.54, 1.807) is 7.11 Å². The van der Waals surface area contributed by atoms with Gasteiger partial charge in [-0.15, -0.1) is 0 Å². The molecule has 2 aromatic carbocycles. The number of fused-ring (bicyclic) bond motifs is 1. The molecule has 1 aliphatic rings. The molecular weight excluding hydrogens is 268 g/mol. The number of hydrogen-bond acceptors (Lipinski definition) is 1. The van der Waals surface area contributed by atoms with Crippen molar-refractivity contribution in [2.75, 3.05) is 7.11 Å². The molecule has 1 nitrogen and oxygen atoms in total. The molecule has 0 saturated heterocycles. The fourth-order valence-corrected chi connectivity index (χ4v) is 3.16. The Labute approximate surface area is 133 Å². The zero-order chi connectivity index (χ0) is 15.9. The molecule has 0 atom stereocenters. The van der Waals surface area contributed by atoms with Crippen molar-refractivity contribution in [3.8, 4) is 16.9 Å². The van der Waals surface area contributed by atoms with Gasteiger partial charge in [0.15, 0.2) is 0 Å². The van der Waals surface area contributed by atoms with Crippen LogP contribution in [0, 0.1) is 0 Å². The minimum atomic E-state index is 0.191. The molecule has 0 heterocycles. The van der Waals surface area contributed by atoms with Crippen LogP contribution in [0.5, 0.6) is 5.75 Å². The summed E-state index contributed by atoms with van der Waals surface area (Å²) in [4.78, 5) is 0. The molecular formula is C21H24O. The summed E-state index contributed by atoms with van der Waals surface area (Å²) < 4.78 is 5.53. The summed E-state index contributed by atoms with van der Waals surface area (Å²) in [6.07, 6.45) is 3.29. The average molecular weight is 292 g/mol. The maximum Gasteiger partial charge on any atom is 0.123 e. The normalized spacial score (nSPS) is 13.8. The van der Waals surface area contributed by atoms with Gasteiger partial charge in [0.2, 0.25) is 0 Å². The predicted molar refractivity (Wildman–Crippen MR) is 94.5 cm³/mol. The lowest BCUT2D eigenvalue weighted by atomic mass is 9.86. The lowest BCUT2D eigenvalue weighted by Gasteiger charge is -2.19. The number of rotatable bonds is 2. The van der Waals surface area contributed by atoms with E-state index in [0.717, 1.165) is 12.2 Å². The Morgan fingerprint density at radius 2 is 1.64 bits per heavy atom. The quantitative estimate of drug-likeness (QED) is 0.698. The second-order valence-electron chi connectivity index (χ2n) is 7.20. The molecule has 0 aliphatic heterocycles. The van der Waals surface area contributed by atoms with Gasteiger partial charge >= 0.3 is 0 Å². The topological polar surface area (TPSA) is 9.23 Å². The Bertz CT molecular complexity index is 728. The lowest BCUT2D eigenvalue weighted by Crippen LogP contribution is -2.10. The first-order valence-electron chi connectivity index (χ1n) is 7.88. The van der Waals surface area contributed by atoms with E-state index in [2.05, 4.69) is 70.2 Å². The highest BCUT2D eigenvalue weighted by Crippen LogP contribution is 2.39. The van der Waals surface area contributed by atoms with Crippen LogP contribution in [-0.4, -0.2) is 7.11 Å². The summed E-state index contributed by atoms with van der Waals surface area (Å²) >= 11 is 0. The molecule has 0 amide bonds. The summed E-state index contributed by atoms with van der Waals surface area (Å²) in [7, 11) is 1.75. The molecule has 0 saturated carbocycles. The summed E-state index contributed by atoms with van der Waals surface area (Å²) in [6, 6.07) is 13.3. The second kappa shape index (κ2) is 5.31. The number of allylic oxidation sites excluding steroid dienone is 1. The highest BCUT2D eigenvalue weighted by atomic mass is 16.5. The molecule has 3 rings (SSSR count). The van der Waals surface area contributed by atoms with Crippen molar-refractivity contribution in [1.29, 1.82) is 0 Å². The van der Waals surface area contributed by atoms with E-state index in [4.69, 9.17) is 4.74 Å². The zero-order valence-electron chi connectivity index (χ0n) is 14.2. The van der Waals surface area contributed by atoms with Crippen LogP contribution in [0.25, 0.3) is 17.2 Å². The van der Waals surface area contributed by atoms with E-state index < -0.39 is 0 Å². The van der Waals surface area contributed by atoms with Crippen LogP contribution in [-0.2, 0) is 11.8 Å². The third-order valence-electron chi connectivity index (χ3n) is 4.44. The molecule has 0 spiro atoms. The first-order chi connectivity index (χ1) is 10.4. The van der Waals surface area contributed by atoms with Crippen molar-refractivity contribution in [2.45, 2.75) is 39.5 Å². The van der Waals surface area contributed by atoms with Crippen LogP contribution in [0.3, 0.4) is 0 Å². The van der Waals surface area contributed by atoms with E-state index in [0.29, 0.717) is 0 Å². The minimum Gasteiger partial charge on any atom is -0.496 e. The Morgan fingerprint density at radius 3 is 2.23 bits per heavy atom. The van der Waals surface area contributed by atoms with Crippen LogP contribution in [0.2, 0.25) is 0 Å². The van der Waals surface area contributed by atoms with Crippen LogP contribution in [0.4, 0.5) is 0 Å². The van der Waals surface area contributed by atoms with Gasteiger partial charge < -0.3 is 4.74 Å². The van der Waals surface area contributed by atoms with Crippen molar-refractivity contribution in [3.05, 3.63) is 58.7 Å². The minimum absolute atomic E-state index is 0.191. The highest BCUT2D eigenvalue weighted by molar-refractivity contribution is 5.82. The summed E-state index contributed by atoms with van der Waals surface area (Å²) in [5.74, 6) is 0.998. The van der Waals surface area contributed by atoms with Crippen molar-refractivity contribution in [2.24, 2.45) is 0 Å². The van der Waals surface area contributed by atoms with Crippen LogP contribution in [0.15, 0.2) is 42.0 Å². The fraction of sp³-hybridized carbons (Fsp3) is 0.333. The van der Waals surface area contributed by atoms with Gasteiger partial charge in [-0.05, 0) is 47.1 Å². The lowest BCUT2D eigenvalue weighted by molar-refractivity contribution is 0.411. The Morgan fingerprint density at radius 1 is 0.955 bits per heavy atom. The molecule has 0 N–H and O–H groups in total. The van der Waals surface area contributed by atoms with Gasteiger partial charge in [-0.25, -0.2) is 0 Å². The maximum atomic E-state index is 5.53. The molecule has 114 valence electrons. The van der Waals surface area contributed by atoms with E-state index in [1.807, 2.05) is 0 Å². The molecule has 1 aliphatic carbocycles. The van der Waals surface area contributed by atoms with Gasteiger partial charge in [-0.2, -0.15) is 0 Å². The van der Waals surface area contributed by atoms with Gasteiger partial charge in [0.05, 0.1) is 7.11 Å². The van der Waals surface area contributed by atoms with Gasteiger partial charge in [-0.1, -0.05) is 62.8 Å². The average Bonchev–Trinajstić information content (AvgIpc) is 2.86. The third kappa shape index (κ3) is 2.56. The maximum absolute atomic E-state index is 5.53. The molecule has 0 bridgehead atoms. The molecule has 0 aromatic heterocycles. The molecule has 2 aromatic rings. The van der Waals surface area contributed by atoms with Crippen LogP contribution >= 0.6 is 0 Å². The van der Waals surface area contributed by atoms with Crippen molar-refractivity contribution in [1.82, 2.24) is 0 Å². The first kappa shape index (κ1) is 14.9.